The van der Waals surface area contributed by atoms with Crippen LogP contribution in [0.5, 0.6) is 23.0 Å². The second-order valence-electron chi connectivity index (χ2n) is 14.3. The Bertz CT molecular complexity index is 2000. The van der Waals surface area contributed by atoms with E-state index in [2.05, 4.69) is 22.5 Å². The minimum absolute atomic E-state index is 0.00859. The van der Waals surface area contributed by atoms with Gasteiger partial charge in [0, 0.05) is 40.4 Å². The molecule has 6 amide bonds. The highest BCUT2D eigenvalue weighted by atomic mass is 16.5. The molecule has 1 saturated heterocycles. The van der Waals surface area contributed by atoms with Crippen LogP contribution in [0.4, 0.5) is 0 Å². The summed E-state index contributed by atoms with van der Waals surface area (Å²) in [5.41, 5.74) is 1.99. The molecule has 302 valence electrons. The van der Waals surface area contributed by atoms with Gasteiger partial charge in [-0.1, -0.05) is 36.4 Å². The molecule has 15 nitrogen and oxygen atoms in total. The van der Waals surface area contributed by atoms with E-state index < -0.39 is 71.7 Å². The number of carbonyl (C=O) groups excluding carboxylic acids is 6. The quantitative estimate of drug-likeness (QED) is 0.327. The van der Waals surface area contributed by atoms with Crippen molar-refractivity contribution < 1.29 is 43.0 Å². The fourth-order valence-electron chi connectivity index (χ4n) is 6.85. The summed E-state index contributed by atoms with van der Waals surface area (Å²) in [6.45, 7) is 6.68. The van der Waals surface area contributed by atoms with E-state index in [1.807, 2.05) is 0 Å². The Kier molecular flexibility index (Phi) is 13.2. The average Bonchev–Trinajstić information content (AvgIpc) is 3.21. The summed E-state index contributed by atoms with van der Waals surface area (Å²) >= 11 is 0. The van der Waals surface area contributed by atoms with Crippen LogP contribution in [0.2, 0.25) is 0 Å². The second-order valence-corrected chi connectivity index (χ2v) is 14.3. The van der Waals surface area contributed by atoms with E-state index in [9.17, 15) is 28.8 Å². The third-order valence-corrected chi connectivity index (χ3v) is 10.4. The molecule has 3 aromatic rings. The van der Waals surface area contributed by atoms with Crippen molar-refractivity contribution >= 4 is 35.4 Å². The molecule has 6 atom stereocenters. The van der Waals surface area contributed by atoms with Crippen molar-refractivity contribution in [3.05, 3.63) is 96.1 Å². The molecule has 0 aromatic heterocycles. The summed E-state index contributed by atoms with van der Waals surface area (Å²) < 4.78 is 17.0. The van der Waals surface area contributed by atoms with Crippen LogP contribution < -0.4 is 30.2 Å². The first-order chi connectivity index (χ1) is 27.1. The van der Waals surface area contributed by atoms with Gasteiger partial charge >= 0.3 is 0 Å². The number of methoxy groups -OCH3 is 2. The van der Waals surface area contributed by atoms with Gasteiger partial charge in [-0.05, 0) is 66.9 Å². The molecule has 6 rings (SSSR count). The number of amides is 6. The summed E-state index contributed by atoms with van der Waals surface area (Å²) in [4.78, 5) is 88.5. The Morgan fingerprint density at radius 2 is 1.30 bits per heavy atom. The van der Waals surface area contributed by atoms with E-state index in [-0.39, 0.29) is 19.3 Å². The molecule has 57 heavy (non-hydrogen) atoms. The Balaban J connectivity index is 1.59. The number of benzene rings is 3. The minimum Gasteiger partial charge on any atom is -0.497 e. The number of nitrogens with zero attached hydrogens (tertiary/aromatic N) is 3. The van der Waals surface area contributed by atoms with Crippen LogP contribution in [0.1, 0.15) is 30.5 Å². The van der Waals surface area contributed by atoms with Crippen LogP contribution in [-0.2, 0) is 48.0 Å². The van der Waals surface area contributed by atoms with Crippen molar-refractivity contribution in [2.24, 2.45) is 0 Å². The van der Waals surface area contributed by atoms with Crippen LogP contribution in [0.15, 0.2) is 79.4 Å². The standard InChI is InChI=1S/C42H50N6O9/c1-9-31-41(53)46(4)32(20-26-10-15-29(55-7)16-11-26)39(51)44-25(3)40(52)48(6)34-21-27-12-17-30(18-13-27)57-36-23-28(14-19-35(36)56-8)22-33(47(5)42(34)54)38(50)43-24(2)37(49)45-31/h9-19,23-25,31-34H,1,20-22H2,2-8H3,(H,43,50)(H,44,51)(H,45,49)/t24-,25+,31+,32+,33+,34+/m1/s1. The maximum Gasteiger partial charge on any atom is 0.249 e. The van der Waals surface area contributed by atoms with Gasteiger partial charge in [0.05, 0.1) is 14.2 Å². The zero-order valence-corrected chi connectivity index (χ0v) is 33.2. The average molecular weight is 783 g/mol. The van der Waals surface area contributed by atoms with E-state index in [0.717, 1.165) is 0 Å². The number of hydrogen-bond acceptors (Lipinski definition) is 9. The van der Waals surface area contributed by atoms with Gasteiger partial charge < -0.3 is 44.9 Å². The highest BCUT2D eigenvalue weighted by Gasteiger charge is 2.39. The van der Waals surface area contributed by atoms with Crippen LogP contribution in [0.25, 0.3) is 0 Å². The highest BCUT2D eigenvalue weighted by molar-refractivity contribution is 5.98. The summed E-state index contributed by atoms with van der Waals surface area (Å²) in [7, 11) is 7.39. The van der Waals surface area contributed by atoms with Crippen molar-refractivity contribution in [3.63, 3.8) is 0 Å². The van der Waals surface area contributed by atoms with E-state index in [1.54, 1.807) is 66.7 Å². The molecule has 0 spiro atoms. The molecule has 1 fully saturated rings. The third kappa shape index (κ3) is 9.54. The van der Waals surface area contributed by atoms with E-state index in [4.69, 9.17) is 14.2 Å². The number of fused-ring (bicyclic) bond motifs is 2. The number of likely N-dealkylation sites (N-methyl/N-ethyl adjacent to an activating group) is 3. The van der Waals surface area contributed by atoms with Crippen LogP contribution >= 0.6 is 0 Å². The second kappa shape index (κ2) is 18.0. The molecule has 6 bridgehead atoms. The Morgan fingerprint density at radius 3 is 1.93 bits per heavy atom. The van der Waals surface area contributed by atoms with Gasteiger partial charge in [0.1, 0.15) is 47.8 Å². The fourth-order valence-corrected chi connectivity index (χ4v) is 6.85. The van der Waals surface area contributed by atoms with Gasteiger partial charge in [-0.3, -0.25) is 28.8 Å². The number of carbonyl (C=O) groups is 6. The maximum atomic E-state index is 14.7. The van der Waals surface area contributed by atoms with E-state index in [0.29, 0.717) is 39.7 Å². The molecule has 3 N–H and O–H groups in total. The zero-order chi connectivity index (χ0) is 41.6. The lowest BCUT2D eigenvalue weighted by molar-refractivity contribution is -0.149. The first-order valence-electron chi connectivity index (χ1n) is 18.6. The molecular weight excluding hydrogens is 732 g/mol. The molecule has 3 aromatic carbocycles. The first-order valence-corrected chi connectivity index (χ1v) is 18.6. The first kappa shape index (κ1) is 41.8. The Hall–Kier alpha value is -6.38. The summed E-state index contributed by atoms with van der Waals surface area (Å²) in [5, 5.41) is 8.09. The van der Waals surface area contributed by atoms with Gasteiger partial charge in [-0.2, -0.15) is 0 Å². The highest BCUT2D eigenvalue weighted by Crippen LogP contribution is 2.34. The molecule has 3 heterocycles. The lowest BCUT2D eigenvalue weighted by Gasteiger charge is -2.36. The van der Waals surface area contributed by atoms with Crippen molar-refractivity contribution in [3.8, 4) is 23.0 Å². The molecular formula is C42H50N6O9. The Labute approximate surface area is 332 Å². The van der Waals surface area contributed by atoms with Crippen molar-refractivity contribution in [2.45, 2.75) is 69.4 Å². The van der Waals surface area contributed by atoms with Crippen LogP contribution in [0, 0.1) is 0 Å². The SMILES string of the molecule is C=C[C@@H]1NC(=O)[C@@H](C)NC(=O)[C@@H]2Cc3ccc(OC)c(c3)Oc3ccc(cc3)C[C@@H](C(=O)N2C)N(C)C(=O)[C@H](C)NC(=O)[C@H](Cc2ccc(OC)cc2)N(C)C1=O. The molecule has 3 aliphatic heterocycles. The van der Waals surface area contributed by atoms with Gasteiger partial charge in [-0.15, -0.1) is 6.58 Å². The van der Waals surface area contributed by atoms with E-state index >= 15 is 0 Å². The van der Waals surface area contributed by atoms with Gasteiger partial charge in [-0.25, -0.2) is 0 Å². The summed E-state index contributed by atoms with van der Waals surface area (Å²) in [6, 6.07) is 12.0. The molecule has 0 saturated carbocycles. The van der Waals surface area contributed by atoms with Gasteiger partial charge in [0.2, 0.25) is 35.4 Å². The monoisotopic (exact) mass is 782 g/mol. The number of hydrogen-bond donors (Lipinski definition) is 3. The Morgan fingerprint density at radius 1 is 0.684 bits per heavy atom. The topological polar surface area (TPSA) is 176 Å². The molecule has 0 aliphatic carbocycles. The molecule has 0 radical (unpaired) electrons. The normalized spacial score (nSPS) is 24.0. The van der Waals surface area contributed by atoms with Crippen LogP contribution in [0.3, 0.4) is 0 Å². The third-order valence-electron chi connectivity index (χ3n) is 10.4. The minimum atomic E-state index is -1.29. The fraction of sp³-hybridized carbons (Fsp3) is 0.381. The number of nitrogens with one attached hydrogen (secondary N) is 3. The predicted molar refractivity (Wildman–Crippen MR) is 211 cm³/mol. The van der Waals surface area contributed by atoms with Gasteiger partial charge in [0.25, 0.3) is 0 Å². The largest absolute Gasteiger partial charge is 0.497 e. The predicted octanol–water partition coefficient (Wildman–Crippen LogP) is 2.01. The summed E-state index contributed by atoms with van der Waals surface area (Å²) in [6.07, 6.45) is 1.31. The smallest absolute Gasteiger partial charge is 0.249 e. The lowest BCUT2D eigenvalue weighted by atomic mass is 9.98. The molecule has 0 unspecified atom stereocenters. The van der Waals surface area contributed by atoms with Crippen molar-refractivity contribution in [2.75, 3.05) is 35.4 Å². The van der Waals surface area contributed by atoms with Crippen molar-refractivity contribution in [1.29, 1.82) is 0 Å². The lowest BCUT2D eigenvalue weighted by Crippen LogP contribution is -2.61. The van der Waals surface area contributed by atoms with Crippen molar-refractivity contribution in [1.82, 2.24) is 30.7 Å². The number of ether oxygens (including phenoxy) is 3. The van der Waals surface area contributed by atoms with E-state index in [1.165, 1.54) is 70.0 Å². The number of rotatable bonds is 5. The molecule has 3 aliphatic rings. The zero-order valence-electron chi connectivity index (χ0n) is 33.2. The van der Waals surface area contributed by atoms with Gasteiger partial charge in [0.15, 0.2) is 11.5 Å². The van der Waals surface area contributed by atoms with Crippen LogP contribution in [-0.4, -0.2) is 122 Å². The molecule has 15 heteroatoms. The maximum absolute atomic E-state index is 14.7. The summed E-state index contributed by atoms with van der Waals surface area (Å²) in [5.74, 6) is -1.87.